The number of rotatable bonds is 3. The van der Waals surface area contributed by atoms with Crippen LogP contribution in [-0.4, -0.2) is 16.5 Å². The number of hydrogen-bond acceptors (Lipinski definition) is 2. The van der Waals surface area contributed by atoms with Crippen molar-refractivity contribution in [2.75, 3.05) is 5.75 Å². The molecule has 1 N–H and O–H groups in total. The lowest BCUT2D eigenvalue weighted by Gasteiger charge is -2.20. The van der Waals surface area contributed by atoms with Crippen LogP contribution in [0.1, 0.15) is 25.8 Å². The summed E-state index contributed by atoms with van der Waals surface area (Å²) in [5, 5.41) is 4.24. The van der Waals surface area contributed by atoms with Crippen LogP contribution in [0.3, 0.4) is 0 Å². The van der Waals surface area contributed by atoms with Gasteiger partial charge in [0.2, 0.25) is 0 Å². The van der Waals surface area contributed by atoms with Crippen LogP contribution in [0, 0.1) is 11.6 Å². The predicted molar refractivity (Wildman–Crippen MR) is 71.8 cm³/mol. The standard InChI is InChI=1S/C13H16F2N2S/c1-3-13(2)8-18-12(17-13)16-7-9-4-5-10(14)11(15)6-9/h4-6H,3,7-8H2,1-2H3,(H,16,17). The molecular formula is C13H16F2N2S. The van der Waals surface area contributed by atoms with Crippen molar-refractivity contribution in [3.8, 4) is 0 Å². The van der Waals surface area contributed by atoms with Gasteiger partial charge in [0, 0.05) is 11.3 Å². The van der Waals surface area contributed by atoms with Gasteiger partial charge in [-0.3, -0.25) is 4.99 Å². The smallest absolute Gasteiger partial charge is 0.159 e. The molecule has 18 heavy (non-hydrogen) atoms. The minimum absolute atomic E-state index is 0.0948. The van der Waals surface area contributed by atoms with Crippen LogP contribution in [-0.2, 0) is 6.54 Å². The summed E-state index contributed by atoms with van der Waals surface area (Å²) in [4.78, 5) is 4.39. The molecule has 0 aliphatic carbocycles. The molecule has 1 atom stereocenters. The molecule has 98 valence electrons. The Balaban J connectivity index is 2.01. The molecule has 0 spiro atoms. The highest BCUT2D eigenvalue weighted by molar-refractivity contribution is 8.14. The SMILES string of the molecule is CCC1(C)CSC(=NCc2ccc(F)c(F)c2)N1. The molecule has 1 fully saturated rings. The molecule has 2 nitrogen and oxygen atoms in total. The molecular weight excluding hydrogens is 254 g/mol. The van der Waals surface area contributed by atoms with Gasteiger partial charge in [-0.25, -0.2) is 8.78 Å². The van der Waals surface area contributed by atoms with Crippen molar-refractivity contribution in [1.82, 2.24) is 5.32 Å². The number of amidine groups is 1. The van der Waals surface area contributed by atoms with Crippen molar-refractivity contribution < 1.29 is 8.78 Å². The number of halogens is 2. The van der Waals surface area contributed by atoms with Crippen molar-refractivity contribution in [2.45, 2.75) is 32.4 Å². The van der Waals surface area contributed by atoms with Crippen molar-refractivity contribution in [3.05, 3.63) is 35.4 Å². The first-order valence-electron chi connectivity index (χ1n) is 5.92. The maximum absolute atomic E-state index is 13.0. The lowest BCUT2D eigenvalue weighted by atomic mass is 10.0. The third kappa shape index (κ3) is 3.02. The second-order valence-corrected chi connectivity index (χ2v) is 5.66. The first-order chi connectivity index (χ1) is 8.52. The molecule has 2 rings (SSSR count). The predicted octanol–water partition coefficient (Wildman–Crippen LogP) is 3.33. The Morgan fingerprint density at radius 1 is 1.39 bits per heavy atom. The largest absolute Gasteiger partial charge is 0.359 e. The van der Waals surface area contributed by atoms with Crippen LogP contribution < -0.4 is 5.32 Å². The van der Waals surface area contributed by atoms with Gasteiger partial charge in [-0.15, -0.1) is 0 Å². The Hall–Kier alpha value is -1.10. The number of thioether (sulfide) groups is 1. The van der Waals surface area contributed by atoms with Gasteiger partial charge in [0.25, 0.3) is 0 Å². The highest BCUT2D eigenvalue weighted by Gasteiger charge is 2.30. The van der Waals surface area contributed by atoms with Gasteiger partial charge >= 0.3 is 0 Å². The van der Waals surface area contributed by atoms with Crippen LogP contribution >= 0.6 is 11.8 Å². The summed E-state index contributed by atoms with van der Waals surface area (Å²) in [5.74, 6) is -0.656. The van der Waals surface area contributed by atoms with E-state index in [0.29, 0.717) is 12.1 Å². The fourth-order valence-electron chi connectivity index (χ4n) is 1.63. The topological polar surface area (TPSA) is 24.4 Å². The first kappa shape index (κ1) is 13.3. The summed E-state index contributed by atoms with van der Waals surface area (Å²) in [6.07, 6.45) is 1.03. The van der Waals surface area contributed by atoms with Crippen LogP contribution in [0.2, 0.25) is 0 Å². The molecule has 1 aromatic carbocycles. The molecule has 0 saturated carbocycles. The van der Waals surface area contributed by atoms with Crippen molar-refractivity contribution in [1.29, 1.82) is 0 Å². The van der Waals surface area contributed by atoms with E-state index < -0.39 is 11.6 Å². The van der Waals surface area contributed by atoms with Crippen LogP contribution in [0.4, 0.5) is 8.78 Å². The zero-order valence-corrected chi connectivity index (χ0v) is 11.3. The Morgan fingerprint density at radius 3 is 2.78 bits per heavy atom. The molecule has 1 unspecified atom stereocenters. The second kappa shape index (κ2) is 5.26. The quantitative estimate of drug-likeness (QED) is 0.911. The lowest BCUT2D eigenvalue weighted by molar-refractivity contribution is 0.466. The number of nitrogens with one attached hydrogen (secondary N) is 1. The highest BCUT2D eigenvalue weighted by Crippen LogP contribution is 2.25. The maximum Gasteiger partial charge on any atom is 0.159 e. The van der Waals surface area contributed by atoms with Crippen LogP contribution in [0.25, 0.3) is 0 Å². The summed E-state index contributed by atoms with van der Waals surface area (Å²) in [6, 6.07) is 3.88. The number of benzene rings is 1. The normalized spacial score (nSPS) is 25.4. The Kier molecular flexibility index (Phi) is 3.90. The summed E-state index contributed by atoms with van der Waals surface area (Å²) >= 11 is 1.67. The van der Waals surface area contributed by atoms with Crippen molar-refractivity contribution in [2.24, 2.45) is 4.99 Å². The second-order valence-electron chi connectivity index (χ2n) is 4.70. The average Bonchev–Trinajstić information content (AvgIpc) is 2.74. The maximum atomic E-state index is 13.0. The third-order valence-electron chi connectivity index (χ3n) is 3.11. The van der Waals surface area contributed by atoms with E-state index in [2.05, 4.69) is 24.2 Å². The molecule has 0 bridgehead atoms. The van der Waals surface area contributed by atoms with Gasteiger partial charge in [0.15, 0.2) is 16.8 Å². The molecule has 0 amide bonds. The Labute approximate surface area is 110 Å². The molecule has 1 aliphatic rings. The van der Waals surface area contributed by atoms with Gasteiger partial charge in [0.05, 0.1) is 6.54 Å². The van der Waals surface area contributed by atoms with E-state index in [1.165, 1.54) is 6.07 Å². The third-order valence-corrected chi connectivity index (χ3v) is 4.39. The van der Waals surface area contributed by atoms with E-state index in [9.17, 15) is 8.78 Å². The number of hydrogen-bond donors (Lipinski definition) is 1. The number of aliphatic imine (C=N–C) groups is 1. The zero-order chi connectivity index (χ0) is 13.2. The first-order valence-corrected chi connectivity index (χ1v) is 6.90. The minimum Gasteiger partial charge on any atom is -0.359 e. The molecule has 5 heteroatoms. The molecule has 1 heterocycles. The van der Waals surface area contributed by atoms with E-state index in [-0.39, 0.29) is 5.54 Å². The van der Waals surface area contributed by atoms with E-state index in [0.717, 1.165) is 23.4 Å². The zero-order valence-electron chi connectivity index (χ0n) is 10.5. The fraction of sp³-hybridized carbons (Fsp3) is 0.462. The van der Waals surface area contributed by atoms with Gasteiger partial charge in [-0.2, -0.15) is 0 Å². The van der Waals surface area contributed by atoms with E-state index in [4.69, 9.17) is 0 Å². The van der Waals surface area contributed by atoms with Crippen LogP contribution in [0.15, 0.2) is 23.2 Å². The van der Waals surface area contributed by atoms with Gasteiger partial charge in [0.1, 0.15) is 0 Å². The summed E-state index contributed by atoms with van der Waals surface area (Å²) in [7, 11) is 0. The van der Waals surface area contributed by atoms with Crippen molar-refractivity contribution >= 4 is 16.9 Å². The van der Waals surface area contributed by atoms with Gasteiger partial charge < -0.3 is 5.32 Å². The van der Waals surface area contributed by atoms with E-state index in [1.807, 2.05) is 0 Å². The van der Waals surface area contributed by atoms with Gasteiger partial charge in [-0.05, 0) is 31.0 Å². The Bertz CT molecular complexity index is 476. The molecule has 0 aromatic heterocycles. The van der Waals surface area contributed by atoms with E-state index >= 15 is 0 Å². The monoisotopic (exact) mass is 270 g/mol. The summed E-state index contributed by atoms with van der Waals surface area (Å²) < 4.78 is 25.8. The Morgan fingerprint density at radius 2 is 2.17 bits per heavy atom. The summed E-state index contributed by atoms with van der Waals surface area (Å²) in [5.41, 5.74) is 0.770. The fourth-order valence-corrected chi connectivity index (χ4v) is 2.84. The van der Waals surface area contributed by atoms with Crippen LogP contribution in [0.5, 0.6) is 0 Å². The van der Waals surface area contributed by atoms with Gasteiger partial charge in [-0.1, -0.05) is 24.8 Å². The number of nitrogens with zero attached hydrogens (tertiary/aromatic N) is 1. The van der Waals surface area contributed by atoms with Crippen molar-refractivity contribution in [3.63, 3.8) is 0 Å². The lowest BCUT2D eigenvalue weighted by Crippen LogP contribution is -2.39. The molecule has 1 aromatic rings. The molecule has 0 radical (unpaired) electrons. The van der Waals surface area contributed by atoms with E-state index in [1.54, 1.807) is 17.8 Å². The average molecular weight is 270 g/mol. The summed E-state index contributed by atoms with van der Waals surface area (Å²) in [6.45, 7) is 4.65. The molecule has 1 aliphatic heterocycles. The molecule has 1 saturated heterocycles. The minimum atomic E-state index is -0.821. The highest BCUT2D eigenvalue weighted by atomic mass is 32.2.